The number of methoxy groups -OCH3 is 1. The van der Waals surface area contributed by atoms with Gasteiger partial charge in [-0.1, -0.05) is 24.3 Å². The zero-order chi connectivity index (χ0) is 22.1. The number of phenols is 1. The smallest absolute Gasteiger partial charge is 0.286 e. The van der Waals surface area contributed by atoms with Gasteiger partial charge in [0.25, 0.3) is 5.91 Å². The number of amides is 1. The lowest BCUT2D eigenvalue weighted by molar-refractivity contribution is -0.113. The zero-order valence-corrected chi connectivity index (χ0v) is 18.8. The minimum Gasteiger partial charge on any atom is -0.508 e. The lowest BCUT2D eigenvalue weighted by atomic mass is 9.98. The first kappa shape index (κ1) is 20.5. The molecule has 0 bridgehead atoms. The van der Waals surface area contributed by atoms with E-state index in [4.69, 9.17) is 9.84 Å². The maximum atomic E-state index is 12.6. The molecule has 0 aliphatic carbocycles. The van der Waals surface area contributed by atoms with Gasteiger partial charge in [0.05, 0.1) is 23.8 Å². The molecule has 1 unspecified atom stereocenters. The highest BCUT2D eigenvalue weighted by atomic mass is 32.2. The van der Waals surface area contributed by atoms with Crippen LogP contribution in [-0.4, -0.2) is 34.0 Å². The molecular formula is C24H19N3O3S2. The quantitative estimate of drug-likeness (QED) is 0.535. The lowest BCUT2D eigenvalue weighted by Crippen LogP contribution is -2.23. The highest BCUT2D eigenvalue weighted by molar-refractivity contribution is 8.18. The van der Waals surface area contributed by atoms with Crippen molar-refractivity contribution in [2.45, 2.75) is 12.5 Å². The Kier molecular flexibility index (Phi) is 5.55. The summed E-state index contributed by atoms with van der Waals surface area (Å²) >= 11 is 2.88. The summed E-state index contributed by atoms with van der Waals surface area (Å²) < 4.78 is 5.26. The Hall–Kier alpha value is -3.36. The summed E-state index contributed by atoms with van der Waals surface area (Å²) in [4.78, 5) is 18.4. The number of ether oxygens (including phenoxy) is 1. The summed E-state index contributed by atoms with van der Waals surface area (Å²) in [6, 6.07) is 18.6. The largest absolute Gasteiger partial charge is 0.508 e. The van der Waals surface area contributed by atoms with Crippen molar-refractivity contribution in [2.75, 3.05) is 7.11 Å². The summed E-state index contributed by atoms with van der Waals surface area (Å²) in [5.41, 5.74) is 2.55. The normalized spacial score (nSPS) is 19.4. The fourth-order valence-corrected chi connectivity index (χ4v) is 5.29. The second-order valence-corrected chi connectivity index (χ2v) is 9.21. The van der Waals surface area contributed by atoms with Crippen LogP contribution >= 0.6 is 23.1 Å². The van der Waals surface area contributed by atoms with Crippen LogP contribution < -0.4 is 4.74 Å². The number of aliphatic imine (C=N–C) groups is 1. The van der Waals surface area contributed by atoms with E-state index >= 15 is 0 Å². The molecule has 3 heterocycles. The first-order chi connectivity index (χ1) is 15.6. The average molecular weight is 462 g/mol. The van der Waals surface area contributed by atoms with E-state index in [-0.39, 0.29) is 17.7 Å². The van der Waals surface area contributed by atoms with Crippen LogP contribution in [0.25, 0.3) is 6.08 Å². The van der Waals surface area contributed by atoms with Crippen LogP contribution in [0.4, 0.5) is 0 Å². The van der Waals surface area contributed by atoms with Crippen LogP contribution in [0.2, 0.25) is 0 Å². The number of carbonyl (C=O) groups excluding carboxylic acids is 1. The number of thiophene rings is 1. The Morgan fingerprint density at radius 3 is 2.66 bits per heavy atom. The Morgan fingerprint density at radius 2 is 1.94 bits per heavy atom. The van der Waals surface area contributed by atoms with Crippen molar-refractivity contribution in [1.29, 1.82) is 0 Å². The topological polar surface area (TPSA) is 74.5 Å². The molecule has 0 saturated heterocycles. The highest BCUT2D eigenvalue weighted by Crippen LogP contribution is 2.42. The van der Waals surface area contributed by atoms with Crippen molar-refractivity contribution in [3.63, 3.8) is 0 Å². The minimum atomic E-state index is -0.275. The molecular weight excluding hydrogens is 442 g/mol. The SMILES string of the molecule is COc1ccc(C2=NN(C3=NC(=O)/C(=C/c4cccs4)S3)C(c3ccccc3O)C2)cc1. The second-order valence-electron chi connectivity index (χ2n) is 7.22. The van der Waals surface area contributed by atoms with E-state index in [0.717, 1.165) is 27.5 Å². The number of hydrogen-bond acceptors (Lipinski definition) is 7. The number of para-hydroxylation sites is 1. The van der Waals surface area contributed by atoms with Gasteiger partial charge in [-0.25, -0.2) is 5.01 Å². The summed E-state index contributed by atoms with van der Waals surface area (Å²) in [5, 5.41) is 19.6. The van der Waals surface area contributed by atoms with Crippen molar-refractivity contribution >= 4 is 46.0 Å². The molecule has 160 valence electrons. The predicted molar refractivity (Wildman–Crippen MR) is 129 cm³/mol. The van der Waals surface area contributed by atoms with Crippen molar-refractivity contribution < 1.29 is 14.6 Å². The molecule has 6 nitrogen and oxygen atoms in total. The zero-order valence-electron chi connectivity index (χ0n) is 17.1. The Bertz CT molecular complexity index is 1250. The van der Waals surface area contributed by atoms with E-state index in [2.05, 4.69) is 4.99 Å². The molecule has 5 rings (SSSR count). The minimum absolute atomic E-state index is 0.193. The van der Waals surface area contributed by atoms with Crippen LogP contribution in [0.3, 0.4) is 0 Å². The summed E-state index contributed by atoms with van der Waals surface area (Å²) in [5.74, 6) is 0.687. The molecule has 1 N–H and O–H groups in total. The van der Waals surface area contributed by atoms with Gasteiger partial charge in [-0.05, 0) is 65.2 Å². The summed E-state index contributed by atoms with van der Waals surface area (Å²) in [6.07, 6.45) is 2.43. The summed E-state index contributed by atoms with van der Waals surface area (Å²) in [7, 11) is 1.63. The number of aromatic hydroxyl groups is 1. The number of nitrogens with zero attached hydrogens (tertiary/aromatic N) is 3. The fourth-order valence-electron chi connectivity index (χ4n) is 3.65. The van der Waals surface area contributed by atoms with Gasteiger partial charge in [-0.15, -0.1) is 11.3 Å². The number of hydrogen-bond donors (Lipinski definition) is 1. The number of carbonyl (C=O) groups is 1. The molecule has 1 atom stereocenters. The predicted octanol–water partition coefficient (Wildman–Crippen LogP) is 5.28. The van der Waals surface area contributed by atoms with Crippen LogP contribution in [-0.2, 0) is 4.79 Å². The van der Waals surface area contributed by atoms with E-state index < -0.39 is 0 Å². The first-order valence-electron chi connectivity index (χ1n) is 9.97. The Morgan fingerprint density at radius 1 is 1.12 bits per heavy atom. The van der Waals surface area contributed by atoms with E-state index in [9.17, 15) is 9.90 Å². The molecule has 0 radical (unpaired) electrons. The lowest BCUT2D eigenvalue weighted by Gasteiger charge is -2.23. The van der Waals surface area contributed by atoms with Crippen molar-refractivity contribution in [1.82, 2.24) is 5.01 Å². The van der Waals surface area contributed by atoms with Gasteiger partial charge in [0.1, 0.15) is 11.5 Å². The van der Waals surface area contributed by atoms with Gasteiger partial charge in [-0.3, -0.25) is 4.79 Å². The third-order valence-electron chi connectivity index (χ3n) is 5.25. The number of rotatable bonds is 4. The van der Waals surface area contributed by atoms with E-state index in [1.54, 1.807) is 35.6 Å². The van der Waals surface area contributed by atoms with E-state index in [1.165, 1.54) is 11.8 Å². The maximum absolute atomic E-state index is 12.6. The molecule has 32 heavy (non-hydrogen) atoms. The van der Waals surface area contributed by atoms with Crippen molar-refractivity contribution in [2.24, 2.45) is 10.1 Å². The molecule has 8 heteroatoms. The molecule has 1 amide bonds. The average Bonchev–Trinajstić information content (AvgIpc) is 3.55. The molecule has 1 aromatic heterocycles. The van der Waals surface area contributed by atoms with Gasteiger partial charge < -0.3 is 9.84 Å². The number of thioether (sulfide) groups is 1. The molecule has 0 spiro atoms. The molecule has 0 saturated carbocycles. The number of hydrazone groups is 1. The number of phenolic OH excluding ortho intramolecular Hbond substituents is 1. The van der Waals surface area contributed by atoms with Crippen LogP contribution in [0.15, 0.2) is 81.0 Å². The van der Waals surface area contributed by atoms with Crippen molar-refractivity contribution in [3.05, 3.63) is 87.0 Å². The third-order valence-corrected chi connectivity index (χ3v) is 7.04. The summed E-state index contributed by atoms with van der Waals surface area (Å²) in [6.45, 7) is 0. The van der Waals surface area contributed by atoms with Gasteiger partial charge in [0, 0.05) is 16.9 Å². The Balaban J connectivity index is 1.50. The van der Waals surface area contributed by atoms with Gasteiger partial charge in [-0.2, -0.15) is 10.1 Å². The molecule has 3 aromatic rings. The van der Waals surface area contributed by atoms with E-state index in [1.807, 2.05) is 60.0 Å². The monoisotopic (exact) mass is 461 g/mol. The first-order valence-corrected chi connectivity index (χ1v) is 11.7. The Labute approximate surface area is 193 Å². The van der Waals surface area contributed by atoms with Gasteiger partial charge in [0.2, 0.25) is 0 Å². The van der Waals surface area contributed by atoms with Crippen LogP contribution in [0.1, 0.15) is 28.5 Å². The van der Waals surface area contributed by atoms with E-state index in [0.29, 0.717) is 16.5 Å². The maximum Gasteiger partial charge on any atom is 0.286 e. The van der Waals surface area contributed by atoms with Gasteiger partial charge >= 0.3 is 0 Å². The van der Waals surface area contributed by atoms with Gasteiger partial charge in [0.15, 0.2) is 5.17 Å². The third kappa shape index (κ3) is 3.94. The van der Waals surface area contributed by atoms with Crippen LogP contribution in [0, 0.1) is 0 Å². The standard InChI is InChI=1S/C24H19N3O3S2/c1-30-16-10-8-15(9-11-16)19-14-20(18-6-2-3-7-21(18)28)27(26-19)24-25-23(29)22(32-24)13-17-5-4-12-31-17/h2-13,20,28H,14H2,1H3/b22-13-. The second kappa shape index (κ2) is 8.64. The number of benzene rings is 2. The molecule has 2 aliphatic heterocycles. The molecule has 2 aromatic carbocycles. The van der Waals surface area contributed by atoms with Crippen molar-refractivity contribution in [3.8, 4) is 11.5 Å². The highest BCUT2D eigenvalue weighted by Gasteiger charge is 2.37. The molecule has 2 aliphatic rings. The number of amidine groups is 1. The molecule has 0 fully saturated rings. The van der Waals surface area contributed by atoms with Crippen LogP contribution in [0.5, 0.6) is 11.5 Å². The fraction of sp³-hybridized carbons (Fsp3) is 0.125.